The highest BCUT2D eigenvalue weighted by molar-refractivity contribution is 6.00. The summed E-state index contributed by atoms with van der Waals surface area (Å²) in [6.07, 6.45) is 3.45. The molecule has 4 rings (SSSR count). The molecule has 1 aliphatic heterocycles. The molecule has 0 aliphatic carbocycles. The molecule has 7 heteroatoms. The second-order valence-corrected chi connectivity index (χ2v) is 5.73. The molecule has 0 radical (unpaired) electrons. The Morgan fingerprint density at radius 3 is 2.92 bits per heavy atom. The number of imidazole rings is 1. The first-order valence-electron chi connectivity index (χ1n) is 7.67. The van der Waals surface area contributed by atoms with Gasteiger partial charge in [0.2, 0.25) is 5.95 Å². The molecule has 7 nitrogen and oxygen atoms in total. The minimum atomic E-state index is -0.522. The quantitative estimate of drug-likeness (QED) is 0.778. The van der Waals surface area contributed by atoms with Gasteiger partial charge in [-0.15, -0.1) is 0 Å². The molecule has 1 amide bonds. The van der Waals surface area contributed by atoms with Crippen molar-refractivity contribution in [3.05, 3.63) is 42.7 Å². The first-order chi connectivity index (χ1) is 11.6. The Hall–Kier alpha value is -3.09. The maximum atomic E-state index is 12.8. The maximum Gasteiger partial charge on any atom is 0.252 e. The third kappa shape index (κ3) is 2.25. The van der Waals surface area contributed by atoms with Crippen LogP contribution in [0.1, 0.15) is 0 Å². The molecule has 1 aromatic carbocycles. The average Bonchev–Trinajstić information content (AvgIpc) is 2.87. The van der Waals surface area contributed by atoms with Crippen LogP contribution in [0.4, 0.5) is 11.6 Å². The topological polar surface area (TPSA) is 72.3 Å². The third-order valence-electron chi connectivity index (χ3n) is 4.25. The van der Waals surface area contributed by atoms with Gasteiger partial charge in [0.15, 0.2) is 0 Å². The van der Waals surface area contributed by atoms with Gasteiger partial charge in [0.25, 0.3) is 5.91 Å². The minimum absolute atomic E-state index is 0.0647. The number of aromatic nitrogens is 3. The highest BCUT2D eigenvalue weighted by Crippen LogP contribution is 2.30. The normalized spacial score (nSPS) is 17.3. The molecule has 24 heavy (non-hydrogen) atoms. The molecule has 122 valence electrons. The number of rotatable bonds is 2. The van der Waals surface area contributed by atoms with Gasteiger partial charge in [0.1, 0.15) is 18.4 Å². The molecular weight excluding hydrogens is 306 g/mol. The fraction of sp³-hybridized carbons (Fsp3) is 0.235. The molecule has 1 atom stereocenters. The largest absolute Gasteiger partial charge is 0.489 e. The molecule has 2 aromatic heterocycles. The Labute approximate surface area is 138 Å². The second kappa shape index (κ2) is 5.52. The number of hydrogen-bond acceptors (Lipinski definition) is 5. The Morgan fingerprint density at radius 2 is 2.08 bits per heavy atom. The molecule has 3 aromatic rings. The van der Waals surface area contributed by atoms with Crippen molar-refractivity contribution < 1.29 is 9.53 Å². The molecule has 0 bridgehead atoms. The summed E-state index contributed by atoms with van der Waals surface area (Å²) in [5.74, 6) is 1.25. The molecule has 0 saturated heterocycles. The summed E-state index contributed by atoms with van der Waals surface area (Å²) in [4.78, 5) is 23.0. The van der Waals surface area contributed by atoms with Crippen molar-refractivity contribution in [2.24, 2.45) is 7.05 Å². The SMILES string of the molecule is CN1C(=O)[C@H](Nc2nc3ccncc3n2C)COc2ccccc21. The van der Waals surface area contributed by atoms with Crippen molar-refractivity contribution >= 4 is 28.6 Å². The van der Waals surface area contributed by atoms with Crippen molar-refractivity contribution in [2.45, 2.75) is 6.04 Å². The van der Waals surface area contributed by atoms with Crippen LogP contribution in [0.2, 0.25) is 0 Å². The zero-order valence-electron chi connectivity index (χ0n) is 13.4. The first kappa shape index (κ1) is 14.5. The molecular formula is C17H17N5O2. The van der Waals surface area contributed by atoms with E-state index in [9.17, 15) is 4.79 Å². The van der Waals surface area contributed by atoms with Gasteiger partial charge in [0, 0.05) is 20.3 Å². The van der Waals surface area contributed by atoms with Gasteiger partial charge in [0.05, 0.1) is 22.9 Å². The zero-order chi connectivity index (χ0) is 16.7. The van der Waals surface area contributed by atoms with Crippen LogP contribution < -0.4 is 15.0 Å². The lowest BCUT2D eigenvalue weighted by Crippen LogP contribution is -2.43. The number of benzene rings is 1. The Kier molecular flexibility index (Phi) is 3.34. The van der Waals surface area contributed by atoms with E-state index in [-0.39, 0.29) is 12.5 Å². The number of aryl methyl sites for hydroxylation is 1. The number of amides is 1. The number of nitrogens with zero attached hydrogens (tertiary/aromatic N) is 4. The van der Waals surface area contributed by atoms with Crippen LogP contribution in [0.5, 0.6) is 5.75 Å². The number of pyridine rings is 1. The number of hydrogen-bond donors (Lipinski definition) is 1. The lowest BCUT2D eigenvalue weighted by atomic mass is 10.2. The van der Waals surface area contributed by atoms with Crippen molar-refractivity contribution in [2.75, 3.05) is 23.9 Å². The molecule has 0 fully saturated rings. The summed E-state index contributed by atoms with van der Waals surface area (Å²) in [6.45, 7) is 0.238. The fourth-order valence-corrected chi connectivity index (χ4v) is 2.88. The zero-order valence-corrected chi connectivity index (χ0v) is 13.4. The summed E-state index contributed by atoms with van der Waals surface area (Å²) in [6, 6.07) is 8.83. The van der Waals surface area contributed by atoms with E-state index in [1.165, 1.54) is 0 Å². The summed E-state index contributed by atoms with van der Waals surface area (Å²) in [5.41, 5.74) is 2.49. The number of ether oxygens (including phenoxy) is 1. The lowest BCUT2D eigenvalue weighted by Gasteiger charge is -2.20. The van der Waals surface area contributed by atoms with Gasteiger partial charge >= 0.3 is 0 Å². The highest BCUT2D eigenvalue weighted by Gasteiger charge is 2.30. The van der Waals surface area contributed by atoms with E-state index in [0.29, 0.717) is 11.7 Å². The van der Waals surface area contributed by atoms with E-state index < -0.39 is 6.04 Å². The maximum absolute atomic E-state index is 12.8. The number of carbonyl (C=O) groups excluding carboxylic acids is 1. The van der Waals surface area contributed by atoms with E-state index in [0.717, 1.165) is 16.7 Å². The predicted molar refractivity (Wildman–Crippen MR) is 91.3 cm³/mol. The van der Waals surface area contributed by atoms with Gasteiger partial charge in [-0.25, -0.2) is 4.98 Å². The number of anilines is 2. The van der Waals surface area contributed by atoms with E-state index in [2.05, 4.69) is 15.3 Å². The van der Waals surface area contributed by atoms with E-state index in [4.69, 9.17) is 4.74 Å². The molecule has 3 heterocycles. The molecule has 1 N–H and O–H groups in total. The van der Waals surface area contributed by atoms with Crippen molar-refractivity contribution in [1.29, 1.82) is 0 Å². The number of carbonyl (C=O) groups is 1. The Morgan fingerprint density at radius 1 is 1.25 bits per heavy atom. The van der Waals surface area contributed by atoms with Crippen LogP contribution in [0, 0.1) is 0 Å². The fourth-order valence-electron chi connectivity index (χ4n) is 2.88. The number of para-hydroxylation sites is 2. The Balaban J connectivity index is 1.65. The van der Waals surface area contributed by atoms with E-state index in [1.54, 1.807) is 24.3 Å². The molecule has 1 aliphatic rings. The third-order valence-corrected chi connectivity index (χ3v) is 4.25. The molecule has 0 saturated carbocycles. The van der Waals surface area contributed by atoms with Gasteiger partial charge in [-0.1, -0.05) is 12.1 Å². The smallest absolute Gasteiger partial charge is 0.252 e. The van der Waals surface area contributed by atoms with Crippen LogP contribution >= 0.6 is 0 Å². The van der Waals surface area contributed by atoms with Crippen LogP contribution in [0.25, 0.3) is 11.0 Å². The van der Waals surface area contributed by atoms with Crippen LogP contribution in [-0.2, 0) is 11.8 Å². The van der Waals surface area contributed by atoms with E-state index >= 15 is 0 Å². The Bertz CT molecular complexity index is 920. The molecule has 0 unspecified atom stereocenters. The average molecular weight is 323 g/mol. The van der Waals surface area contributed by atoms with Crippen LogP contribution in [0.15, 0.2) is 42.7 Å². The number of fused-ring (bicyclic) bond motifs is 2. The summed E-state index contributed by atoms with van der Waals surface area (Å²) < 4.78 is 7.70. The van der Waals surface area contributed by atoms with Gasteiger partial charge in [-0.3, -0.25) is 9.78 Å². The monoisotopic (exact) mass is 323 g/mol. The molecule has 0 spiro atoms. The highest BCUT2D eigenvalue weighted by atomic mass is 16.5. The van der Waals surface area contributed by atoms with Crippen molar-refractivity contribution in [3.8, 4) is 5.75 Å². The lowest BCUT2D eigenvalue weighted by molar-refractivity contribution is -0.119. The predicted octanol–water partition coefficient (Wildman–Crippen LogP) is 1.80. The minimum Gasteiger partial charge on any atom is -0.489 e. The first-order valence-corrected chi connectivity index (χ1v) is 7.67. The number of likely N-dealkylation sites (N-methyl/N-ethyl adjacent to an activating group) is 1. The van der Waals surface area contributed by atoms with Gasteiger partial charge < -0.3 is 19.5 Å². The summed E-state index contributed by atoms with van der Waals surface area (Å²) in [7, 11) is 3.64. The van der Waals surface area contributed by atoms with Crippen molar-refractivity contribution in [1.82, 2.24) is 14.5 Å². The van der Waals surface area contributed by atoms with Crippen LogP contribution in [-0.4, -0.2) is 40.1 Å². The standard InChI is InChI=1S/C17H17N5O2/c1-21-13-5-3-4-6-15(13)24-10-12(16(21)23)20-17-19-11-7-8-18-9-14(11)22(17)2/h3-9,12H,10H2,1-2H3,(H,19,20)/t12-/m1/s1. The van der Waals surface area contributed by atoms with Crippen LogP contribution in [0.3, 0.4) is 0 Å². The van der Waals surface area contributed by atoms with Crippen molar-refractivity contribution in [3.63, 3.8) is 0 Å². The van der Waals surface area contributed by atoms with Gasteiger partial charge in [-0.2, -0.15) is 0 Å². The summed E-state index contributed by atoms with van der Waals surface area (Å²) in [5, 5.41) is 3.20. The second-order valence-electron chi connectivity index (χ2n) is 5.73. The summed E-state index contributed by atoms with van der Waals surface area (Å²) >= 11 is 0. The van der Waals surface area contributed by atoms with E-state index in [1.807, 2.05) is 41.9 Å². The van der Waals surface area contributed by atoms with Gasteiger partial charge in [-0.05, 0) is 18.2 Å². The number of nitrogens with one attached hydrogen (secondary N) is 1.